The van der Waals surface area contributed by atoms with Gasteiger partial charge in [0.1, 0.15) is 0 Å². The Morgan fingerprint density at radius 1 is 1.07 bits per heavy atom. The molecule has 0 saturated carbocycles. The zero-order chi connectivity index (χ0) is 20.1. The maximum atomic E-state index is 13.1. The molecule has 1 fully saturated rings. The van der Waals surface area contributed by atoms with Gasteiger partial charge in [-0.2, -0.15) is 4.31 Å². The maximum Gasteiger partial charge on any atom is 0.256 e. The van der Waals surface area contributed by atoms with Crippen molar-refractivity contribution in [2.75, 3.05) is 26.2 Å². The molecule has 148 valence electrons. The molecule has 6 nitrogen and oxygen atoms in total. The summed E-state index contributed by atoms with van der Waals surface area (Å²) in [7, 11) is -3.52. The van der Waals surface area contributed by atoms with Crippen molar-refractivity contribution in [1.82, 2.24) is 14.2 Å². The van der Waals surface area contributed by atoms with Crippen molar-refractivity contribution < 1.29 is 13.2 Å². The molecule has 28 heavy (non-hydrogen) atoms. The molecule has 1 saturated heterocycles. The molecule has 1 aromatic carbocycles. The second-order valence-electron chi connectivity index (χ2n) is 7.14. The Bertz CT molecular complexity index is 1150. The van der Waals surface area contributed by atoms with Crippen LogP contribution >= 0.6 is 11.3 Å². The van der Waals surface area contributed by atoms with Crippen LogP contribution in [0.15, 0.2) is 35.2 Å². The molecule has 0 unspecified atom stereocenters. The molecule has 1 N–H and O–H groups in total. The SMILES string of the molecule is Cc1cc(S(=O)(=O)N2CCN(C(=O)c3c(C)[nH]c4ccccc34)CC2)c(C)s1. The number of H-pyrrole nitrogens is 1. The summed E-state index contributed by atoms with van der Waals surface area (Å²) < 4.78 is 27.5. The Balaban J connectivity index is 1.53. The summed E-state index contributed by atoms with van der Waals surface area (Å²) in [6, 6.07) is 9.48. The van der Waals surface area contributed by atoms with Gasteiger partial charge in [0.25, 0.3) is 5.91 Å². The highest BCUT2D eigenvalue weighted by molar-refractivity contribution is 7.89. The smallest absolute Gasteiger partial charge is 0.256 e. The molecule has 1 aliphatic rings. The van der Waals surface area contributed by atoms with Crippen LogP contribution < -0.4 is 0 Å². The van der Waals surface area contributed by atoms with E-state index in [2.05, 4.69) is 4.98 Å². The lowest BCUT2D eigenvalue weighted by molar-refractivity contribution is 0.0699. The summed E-state index contributed by atoms with van der Waals surface area (Å²) in [5, 5.41) is 0.907. The molecule has 3 heterocycles. The molecular weight excluding hydrogens is 394 g/mol. The fourth-order valence-electron chi connectivity index (χ4n) is 3.84. The van der Waals surface area contributed by atoms with E-state index in [1.54, 1.807) is 11.0 Å². The molecule has 2 aromatic heterocycles. The number of hydrogen-bond acceptors (Lipinski definition) is 4. The van der Waals surface area contributed by atoms with E-state index in [9.17, 15) is 13.2 Å². The summed E-state index contributed by atoms with van der Waals surface area (Å²) in [4.78, 5) is 20.3. The van der Waals surface area contributed by atoms with E-state index in [1.807, 2.05) is 45.0 Å². The van der Waals surface area contributed by atoms with Crippen molar-refractivity contribution in [3.63, 3.8) is 0 Å². The first-order valence-corrected chi connectivity index (χ1v) is 11.5. The third-order valence-corrected chi connectivity index (χ3v) is 8.37. The second-order valence-corrected chi connectivity index (χ2v) is 10.5. The summed E-state index contributed by atoms with van der Waals surface area (Å²) in [6.07, 6.45) is 0. The van der Waals surface area contributed by atoms with Gasteiger partial charge in [0.2, 0.25) is 10.0 Å². The fourth-order valence-corrected chi connectivity index (χ4v) is 6.79. The molecular formula is C20H23N3O3S2. The van der Waals surface area contributed by atoms with E-state index in [0.29, 0.717) is 36.6 Å². The van der Waals surface area contributed by atoms with E-state index in [4.69, 9.17) is 0 Å². The third-order valence-electron chi connectivity index (χ3n) is 5.25. The molecule has 1 aliphatic heterocycles. The fraction of sp³-hybridized carbons (Fsp3) is 0.350. The van der Waals surface area contributed by atoms with E-state index >= 15 is 0 Å². The number of carbonyl (C=O) groups excluding carboxylic acids is 1. The lowest BCUT2D eigenvalue weighted by atomic mass is 10.1. The molecule has 3 aromatic rings. The van der Waals surface area contributed by atoms with Crippen LogP contribution in [0.2, 0.25) is 0 Å². The number of piperazine rings is 1. The van der Waals surface area contributed by atoms with Crippen LogP contribution in [0.25, 0.3) is 10.9 Å². The summed E-state index contributed by atoms with van der Waals surface area (Å²) in [5.74, 6) is -0.0467. The van der Waals surface area contributed by atoms with Crippen molar-refractivity contribution >= 4 is 38.2 Å². The molecule has 8 heteroatoms. The van der Waals surface area contributed by atoms with E-state index in [0.717, 1.165) is 26.4 Å². The van der Waals surface area contributed by atoms with Crippen LogP contribution in [0, 0.1) is 20.8 Å². The molecule has 4 rings (SSSR count). The first-order valence-electron chi connectivity index (χ1n) is 9.23. The number of aryl methyl sites for hydroxylation is 3. The van der Waals surface area contributed by atoms with Gasteiger partial charge in [0, 0.05) is 52.5 Å². The molecule has 0 spiro atoms. The highest BCUT2D eigenvalue weighted by atomic mass is 32.2. The average Bonchev–Trinajstić information content (AvgIpc) is 3.19. The van der Waals surface area contributed by atoms with Gasteiger partial charge in [-0.25, -0.2) is 8.42 Å². The normalized spacial score (nSPS) is 16.0. The number of aromatic amines is 1. The number of carbonyl (C=O) groups is 1. The van der Waals surface area contributed by atoms with Crippen molar-refractivity contribution in [2.24, 2.45) is 0 Å². The predicted molar refractivity (Wildman–Crippen MR) is 111 cm³/mol. The standard InChI is InChI=1S/C20H23N3O3S2/c1-13-12-18(15(3)27-13)28(25,26)23-10-8-22(9-11-23)20(24)19-14(2)21-17-7-5-4-6-16(17)19/h4-7,12,21H,8-11H2,1-3H3. The van der Waals surface area contributed by atoms with Gasteiger partial charge in [-0.05, 0) is 32.9 Å². The van der Waals surface area contributed by atoms with Crippen LogP contribution in [-0.2, 0) is 10.0 Å². The van der Waals surface area contributed by atoms with E-state index < -0.39 is 10.0 Å². The van der Waals surface area contributed by atoms with Gasteiger partial charge < -0.3 is 9.88 Å². The number of hydrogen-bond donors (Lipinski definition) is 1. The zero-order valence-corrected chi connectivity index (χ0v) is 17.8. The van der Waals surface area contributed by atoms with Crippen molar-refractivity contribution in [3.8, 4) is 0 Å². The quantitative estimate of drug-likeness (QED) is 0.711. The van der Waals surface area contributed by atoms with Crippen LogP contribution in [0.1, 0.15) is 25.8 Å². The van der Waals surface area contributed by atoms with Crippen molar-refractivity contribution in [1.29, 1.82) is 0 Å². The average molecular weight is 418 g/mol. The van der Waals surface area contributed by atoms with Crippen LogP contribution in [-0.4, -0.2) is 54.7 Å². The number of para-hydroxylation sites is 1. The highest BCUT2D eigenvalue weighted by Gasteiger charge is 2.33. The van der Waals surface area contributed by atoms with Crippen molar-refractivity contribution in [2.45, 2.75) is 25.7 Å². The Morgan fingerprint density at radius 2 is 1.75 bits per heavy atom. The van der Waals surface area contributed by atoms with E-state index in [1.165, 1.54) is 15.6 Å². The Labute approximate surface area is 168 Å². The molecule has 0 atom stereocenters. The number of nitrogens with zero attached hydrogens (tertiary/aromatic N) is 2. The Hall–Kier alpha value is -2.16. The maximum absolute atomic E-state index is 13.1. The minimum absolute atomic E-state index is 0.0467. The summed E-state index contributed by atoms with van der Waals surface area (Å²) in [5.41, 5.74) is 2.45. The number of rotatable bonds is 3. The largest absolute Gasteiger partial charge is 0.358 e. The summed E-state index contributed by atoms with van der Waals surface area (Å²) in [6.45, 7) is 7.04. The first-order chi connectivity index (χ1) is 13.3. The molecule has 1 amide bonds. The number of nitrogens with one attached hydrogen (secondary N) is 1. The minimum atomic E-state index is -3.52. The molecule has 0 bridgehead atoms. The first kappa shape index (κ1) is 19.2. The number of amides is 1. The number of thiophene rings is 1. The molecule has 0 radical (unpaired) electrons. The summed E-state index contributed by atoms with van der Waals surface area (Å²) >= 11 is 1.49. The number of fused-ring (bicyclic) bond motifs is 1. The Kier molecular flexibility index (Phi) is 4.81. The van der Waals surface area contributed by atoms with Crippen LogP contribution in [0.3, 0.4) is 0 Å². The lowest BCUT2D eigenvalue weighted by Crippen LogP contribution is -2.50. The number of aromatic nitrogens is 1. The Morgan fingerprint density at radius 3 is 2.39 bits per heavy atom. The third kappa shape index (κ3) is 3.15. The monoisotopic (exact) mass is 417 g/mol. The number of benzene rings is 1. The number of sulfonamides is 1. The van der Waals surface area contributed by atoms with E-state index in [-0.39, 0.29) is 5.91 Å². The van der Waals surface area contributed by atoms with Crippen LogP contribution in [0.5, 0.6) is 0 Å². The predicted octanol–water partition coefficient (Wildman–Crippen LogP) is 3.30. The zero-order valence-electron chi connectivity index (χ0n) is 16.2. The van der Waals surface area contributed by atoms with Gasteiger partial charge >= 0.3 is 0 Å². The lowest BCUT2D eigenvalue weighted by Gasteiger charge is -2.34. The molecule has 0 aliphatic carbocycles. The van der Waals surface area contributed by atoms with Crippen LogP contribution in [0.4, 0.5) is 0 Å². The van der Waals surface area contributed by atoms with Gasteiger partial charge in [0.05, 0.1) is 10.5 Å². The van der Waals surface area contributed by atoms with Gasteiger partial charge in [-0.15, -0.1) is 11.3 Å². The minimum Gasteiger partial charge on any atom is -0.358 e. The van der Waals surface area contributed by atoms with Gasteiger partial charge in [0.15, 0.2) is 0 Å². The van der Waals surface area contributed by atoms with Crippen molar-refractivity contribution in [3.05, 3.63) is 51.3 Å². The topological polar surface area (TPSA) is 73.5 Å². The van der Waals surface area contributed by atoms with Gasteiger partial charge in [-0.1, -0.05) is 18.2 Å². The second kappa shape index (κ2) is 7.02. The van der Waals surface area contributed by atoms with Gasteiger partial charge in [-0.3, -0.25) is 4.79 Å². The highest BCUT2D eigenvalue weighted by Crippen LogP contribution is 2.29.